The van der Waals surface area contributed by atoms with Crippen molar-refractivity contribution in [3.05, 3.63) is 6.08 Å². The van der Waals surface area contributed by atoms with Crippen LogP contribution < -0.4 is 0 Å². The quantitative estimate of drug-likeness (QED) is 0.642. The van der Waals surface area contributed by atoms with Crippen molar-refractivity contribution in [3.63, 3.8) is 0 Å². The van der Waals surface area contributed by atoms with E-state index in [4.69, 9.17) is 4.74 Å². The van der Waals surface area contributed by atoms with Crippen LogP contribution in [0.2, 0.25) is 0 Å². The zero-order chi connectivity index (χ0) is 12.3. The first kappa shape index (κ1) is 12.8. The Hall–Kier alpha value is -1.28. The predicted octanol–water partition coefficient (Wildman–Crippen LogP) is 2.16. The van der Waals surface area contributed by atoms with Gasteiger partial charge >= 0.3 is 6.09 Å². The van der Waals surface area contributed by atoms with Crippen molar-refractivity contribution in [2.24, 2.45) is 0 Å². The van der Waals surface area contributed by atoms with Gasteiger partial charge in [0.1, 0.15) is 11.5 Å². The maximum absolute atomic E-state index is 11.9. The van der Waals surface area contributed by atoms with E-state index in [9.17, 15) is 9.59 Å². The third kappa shape index (κ3) is 3.11. The summed E-state index contributed by atoms with van der Waals surface area (Å²) in [4.78, 5) is 23.9. The maximum Gasteiger partial charge on any atom is 0.411 e. The summed E-state index contributed by atoms with van der Waals surface area (Å²) in [6.45, 7) is 7.45. The van der Waals surface area contributed by atoms with E-state index in [0.29, 0.717) is 0 Å². The Balaban J connectivity index is 2.75. The van der Waals surface area contributed by atoms with E-state index in [2.05, 4.69) is 0 Å². The number of rotatable bonds is 1. The molecule has 0 N–H and O–H groups in total. The van der Waals surface area contributed by atoms with Gasteiger partial charge in [0.25, 0.3) is 0 Å². The Morgan fingerprint density at radius 2 is 2.06 bits per heavy atom. The third-order valence-electron chi connectivity index (χ3n) is 2.58. The zero-order valence-electron chi connectivity index (χ0n) is 10.3. The van der Waals surface area contributed by atoms with Gasteiger partial charge < -0.3 is 4.74 Å². The highest BCUT2D eigenvalue weighted by atomic mass is 16.6. The summed E-state index contributed by atoms with van der Waals surface area (Å²) >= 11 is 0. The highest BCUT2D eigenvalue weighted by molar-refractivity contribution is 5.70. The van der Waals surface area contributed by atoms with E-state index >= 15 is 0 Å². The van der Waals surface area contributed by atoms with Gasteiger partial charge in [-0.05, 0) is 40.5 Å². The van der Waals surface area contributed by atoms with Crippen molar-refractivity contribution < 1.29 is 14.3 Å². The molecule has 16 heavy (non-hydrogen) atoms. The van der Waals surface area contributed by atoms with Gasteiger partial charge in [-0.15, -0.1) is 0 Å². The lowest BCUT2D eigenvalue weighted by molar-refractivity contribution is 0.0195. The minimum atomic E-state index is -0.505. The van der Waals surface area contributed by atoms with Crippen LogP contribution in [0.3, 0.4) is 0 Å². The summed E-state index contributed by atoms with van der Waals surface area (Å²) in [7, 11) is 0. The van der Waals surface area contributed by atoms with Crippen molar-refractivity contribution >= 4 is 12.0 Å². The van der Waals surface area contributed by atoms with E-state index in [1.807, 2.05) is 27.7 Å². The molecule has 0 aromatic rings. The highest BCUT2D eigenvalue weighted by Gasteiger charge is 2.35. The number of carbonyl (C=O) groups excluding carboxylic acids is 2. The Labute approximate surface area is 96.3 Å². The molecule has 1 aliphatic rings. The van der Waals surface area contributed by atoms with Gasteiger partial charge in [-0.25, -0.2) is 9.59 Å². The van der Waals surface area contributed by atoms with E-state index < -0.39 is 5.60 Å². The number of hydrogen-bond donors (Lipinski definition) is 0. The van der Waals surface area contributed by atoms with Gasteiger partial charge in [-0.1, -0.05) is 0 Å². The molecule has 0 aromatic carbocycles. The van der Waals surface area contributed by atoms with E-state index in [0.717, 1.165) is 12.8 Å². The van der Waals surface area contributed by atoms with Crippen LogP contribution in [0.15, 0.2) is 6.08 Å². The molecule has 90 valence electrons. The van der Waals surface area contributed by atoms with Gasteiger partial charge in [-0.3, -0.25) is 4.90 Å². The molecule has 1 saturated heterocycles. The number of amides is 1. The molecule has 1 heterocycles. The van der Waals surface area contributed by atoms with Crippen LogP contribution in [0.5, 0.6) is 0 Å². The summed E-state index contributed by atoms with van der Waals surface area (Å²) in [5.74, 6) is 1.75. The highest BCUT2D eigenvalue weighted by Crippen LogP contribution is 2.26. The molecule has 4 heteroatoms. The number of hydrogen-bond acceptors (Lipinski definition) is 3. The lowest BCUT2D eigenvalue weighted by Gasteiger charge is -2.29. The number of ether oxygens (including phenoxy) is 1. The summed E-state index contributed by atoms with van der Waals surface area (Å²) < 4.78 is 5.31. The second kappa shape index (κ2) is 4.71. The van der Waals surface area contributed by atoms with Crippen molar-refractivity contribution in [2.45, 2.75) is 58.2 Å². The van der Waals surface area contributed by atoms with Crippen LogP contribution in [0.25, 0.3) is 0 Å². The molecule has 0 radical (unpaired) electrons. The van der Waals surface area contributed by atoms with Gasteiger partial charge in [0, 0.05) is 12.1 Å². The number of carbonyl (C=O) groups is 1. The molecule has 2 unspecified atom stereocenters. The molecular formula is C12H19NO3. The maximum atomic E-state index is 11.9. The fourth-order valence-corrected chi connectivity index (χ4v) is 1.89. The van der Waals surface area contributed by atoms with Crippen molar-refractivity contribution in [3.8, 4) is 0 Å². The average molecular weight is 225 g/mol. The molecule has 1 aliphatic heterocycles. The second-order valence-electron chi connectivity index (χ2n) is 5.17. The molecule has 0 saturated carbocycles. The van der Waals surface area contributed by atoms with Crippen molar-refractivity contribution in [1.82, 2.24) is 4.90 Å². The van der Waals surface area contributed by atoms with Gasteiger partial charge in [-0.2, -0.15) is 0 Å². The third-order valence-corrected chi connectivity index (χ3v) is 2.58. The molecule has 1 fully saturated rings. The fourth-order valence-electron chi connectivity index (χ4n) is 1.89. The smallest absolute Gasteiger partial charge is 0.411 e. The molecule has 1 amide bonds. The topological polar surface area (TPSA) is 46.6 Å². The molecule has 4 nitrogen and oxygen atoms in total. The van der Waals surface area contributed by atoms with Crippen LogP contribution in [-0.4, -0.2) is 34.6 Å². The SMILES string of the molecule is CC1CCC(C=C=O)N1C(=O)OC(C)(C)C. The summed E-state index contributed by atoms with van der Waals surface area (Å²) in [5, 5.41) is 0. The molecule has 0 bridgehead atoms. The van der Waals surface area contributed by atoms with Crippen LogP contribution in [0, 0.1) is 0 Å². The minimum Gasteiger partial charge on any atom is -0.444 e. The average Bonchev–Trinajstić information content (AvgIpc) is 2.44. The molecular weight excluding hydrogens is 206 g/mol. The summed E-state index contributed by atoms with van der Waals surface area (Å²) in [6.07, 6.45) is 2.74. The number of likely N-dealkylation sites (tertiary alicyclic amines) is 1. The first-order chi connectivity index (χ1) is 7.35. The van der Waals surface area contributed by atoms with E-state index in [-0.39, 0.29) is 18.2 Å². The zero-order valence-corrected chi connectivity index (χ0v) is 10.3. The Morgan fingerprint density at radius 3 is 2.56 bits per heavy atom. The monoisotopic (exact) mass is 225 g/mol. The van der Waals surface area contributed by atoms with Gasteiger partial charge in [0.05, 0.1) is 6.04 Å². The molecule has 0 aromatic heterocycles. The predicted molar refractivity (Wildman–Crippen MR) is 60.8 cm³/mol. The van der Waals surface area contributed by atoms with Crippen LogP contribution in [0.4, 0.5) is 4.79 Å². The molecule has 0 spiro atoms. The standard InChI is InChI=1S/C12H19NO3/c1-9-5-6-10(7-8-14)13(9)11(15)16-12(2,3)4/h7,9-10H,5-6H2,1-4H3. The lowest BCUT2D eigenvalue weighted by atomic mass is 10.2. The second-order valence-corrected chi connectivity index (χ2v) is 5.17. The molecule has 2 atom stereocenters. The van der Waals surface area contributed by atoms with Gasteiger partial charge in [0.2, 0.25) is 0 Å². The Kier molecular flexibility index (Phi) is 3.76. The Bertz CT molecular complexity index is 313. The fraction of sp³-hybridized carbons (Fsp3) is 0.750. The lowest BCUT2D eigenvalue weighted by Crippen LogP contribution is -2.42. The molecule has 1 rings (SSSR count). The van der Waals surface area contributed by atoms with E-state index in [1.54, 1.807) is 10.8 Å². The van der Waals surface area contributed by atoms with E-state index in [1.165, 1.54) is 6.08 Å². The Morgan fingerprint density at radius 1 is 1.44 bits per heavy atom. The van der Waals surface area contributed by atoms with Crippen molar-refractivity contribution in [1.29, 1.82) is 0 Å². The summed E-state index contributed by atoms with van der Waals surface area (Å²) in [5.41, 5.74) is -0.505. The van der Waals surface area contributed by atoms with Crippen LogP contribution in [0.1, 0.15) is 40.5 Å². The number of nitrogens with zero attached hydrogens (tertiary/aromatic N) is 1. The van der Waals surface area contributed by atoms with Crippen LogP contribution in [-0.2, 0) is 9.53 Å². The first-order valence-electron chi connectivity index (χ1n) is 5.57. The molecule has 0 aliphatic carbocycles. The normalized spacial score (nSPS) is 25.1. The minimum absolute atomic E-state index is 0.115. The van der Waals surface area contributed by atoms with Gasteiger partial charge in [0.15, 0.2) is 0 Å². The van der Waals surface area contributed by atoms with Crippen LogP contribution >= 0.6 is 0 Å². The largest absolute Gasteiger partial charge is 0.444 e. The summed E-state index contributed by atoms with van der Waals surface area (Å²) in [6, 6.07) is -0.0493. The first-order valence-corrected chi connectivity index (χ1v) is 5.57. The van der Waals surface area contributed by atoms with Crippen molar-refractivity contribution in [2.75, 3.05) is 0 Å².